The van der Waals surface area contributed by atoms with E-state index in [0.29, 0.717) is 5.69 Å². The minimum absolute atomic E-state index is 0.115. The molecule has 1 amide bonds. The number of nitrogens with zero attached hydrogens (tertiary/aromatic N) is 3. The molecular formula is C12H12N4O3. The average molecular weight is 260 g/mol. The third-order valence-corrected chi connectivity index (χ3v) is 2.80. The van der Waals surface area contributed by atoms with Crippen molar-refractivity contribution in [3.63, 3.8) is 0 Å². The predicted octanol–water partition coefficient (Wildman–Crippen LogP) is 1.89. The Kier molecular flexibility index (Phi) is 3.28. The zero-order chi connectivity index (χ0) is 14.0. The third kappa shape index (κ3) is 2.59. The summed E-state index contributed by atoms with van der Waals surface area (Å²) in [6.45, 7) is 1.82. The van der Waals surface area contributed by atoms with E-state index in [9.17, 15) is 14.9 Å². The number of carbonyl (C=O) groups is 1. The standard InChI is InChI=1S/C12H12N4O3/c1-8-11(7-13-15(8)2)14-12(17)9-4-3-5-10(6-9)16(18)19/h3-7H,1-2H3,(H,14,17). The van der Waals surface area contributed by atoms with Crippen LogP contribution >= 0.6 is 0 Å². The highest BCUT2D eigenvalue weighted by Crippen LogP contribution is 2.16. The smallest absolute Gasteiger partial charge is 0.270 e. The molecule has 0 aliphatic heterocycles. The first-order valence-electron chi connectivity index (χ1n) is 5.53. The van der Waals surface area contributed by atoms with Crippen molar-refractivity contribution in [1.82, 2.24) is 9.78 Å². The lowest BCUT2D eigenvalue weighted by Crippen LogP contribution is -2.12. The zero-order valence-corrected chi connectivity index (χ0v) is 10.5. The molecule has 0 atom stereocenters. The Morgan fingerprint density at radius 3 is 2.79 bits per heavy atom. The molecule has 0 fully saturated rings. The minimum Gasteiger partial charge on any atom is -0.319 e. The van der Waals surface area contributed by atoms with Gasteiger partial charge in [0.25, 0.3) is 11.6 Å². The van der Waals surface area contributed by atoms with Gasteiger partial charge in [0.2, 0.25) is 0 Å². The lowest BCUT2D eigenvalue weighted by Gasteiger charge is -2.04. The first kappa shape index (κ1) is 12.7. The highest BCUT2D eigenvalue weighted by atomic mass is 16.6. The van der Waals surface area contributed by atoms with E-state index >= 15 is 0 Å². The number of non-ortho nitro benzene ring substituents is 1. The van der Waals surface area contributed by atoms with Crippen LogP contribution in [0.1, 0.15) is 16.1 Å². The number of hydrogen-bond donors (Lipinski definition) is 1. The van der Waals surface area contributed by atoms with E-state index in [-0.39, 0.29) is 11.3 Å². The fraction of sp³-hybridized carbons (Fsp3) is 0.167. The molecule has 0 spiro atoms. The van der Waals surface area contributed by atoms with Crippen LogP contribution in [0.5, 0.6) is 0 Å². The Hall–Kier alpha value is -2.70. The van der Waals surface area contributed by atoms with Gasteiger partial charge in [0.1, 0.15) is 0 Å². The number of anilines is 1. The summed E-state index contributed by atoms with van der Waals surface area (Å²) < 4.78 is 1.63. The molecule has 0 saturated carbocycles. The topological polar surface area (TPSA) is 90.1 Å². The molecule has 0 aliphatic carbocycles. The fourth-order valence-corrected chi connectivity index (χ4v) is 1.58. The molecule has 0 radical (unpaired) electrons. The normalized spacial score (nSPS) is 10.2. The van der Waals surface area contributed by atoms with Crippen molar-refractivity contribution in [1.29, 1.82) is 0 Å². The zero-order valence-electron chi connectivity index (χ0n) is 10.5. The number of rotatable bonds is 3. The minimum atomic E-state index is -0.536. The Bertz CT molecular complexity index is 648. The molecule has 0 aliphatic rings. The highest BCUT2D eigenvalue weighted by Gasteiger charge is 2.13. The van der Waals surface area contributed by atoms with Gasteiger partial charge in [-0.1, -0.05) is 6.07 Å². The van der Waals surface area contributed by atoms with Gasteiger partial charge in [0.05, 0.1) is 22.5 Å². The summed E-state index contributed by atoms with van der Waals surface area (Å²) in [4.78, 5) is 22.1. The Morgan fingerprint density at radius 2 is 2.21 bits per heavy atom. The summed E-state index contributed by atoms with van der Waals surface area (Å²) in [6.07, 6.45) is 1.53. The number of aryl methyl sites for hydroxylation is 1. The van der Waals surface area contributed by atoms with Gasteiger partial charge < -0.3 is 5.32 Å². The number of amides is 1. The van der Waals surface area contributed by atoms with Crippen LogP contribution < -0.4 is 5.32 Å². The van der Waals surface area contributed by atoms with Crippen molar-refractivity contribution in [3.05, 3.63) is 51.8 Å². The van der Waals surface area contributed by atoms with Crippen molar-refractivity contribution >= 4 is 17.3 Å². The van der Waals surface area contributed by atoms with E-state index in [1.807, 2.05) is 6.92 Å². The predicted molar refractivity (Wildman–Crippen MR) is 69.0 cm³/mol. The molecule has 2 aromatic rings. The van der Waals surface area contributed by atoms with Gasteiger partial charge in [-0.05, 0) is 13.0 Å². The molecule has 0 unspecified atom stereocenters. The highest BCUT2D eigenvalue weighted by molar-refractivity contribution is 6.04. The molecule has 1 aromatic carbocycles. The molecule has 7 heteroatoms. The summed E-state index contributed by atoms with van der Waals surface area (Å²) in [7, 11) is 1.76. The summed E-state index contributed by atoms with van der Waals surface area (Å²) in [5, 5.41) is 17.3. The van der Waals surface area contributed by atoms with Gasteiger partial charge >= 0.3 is 0 Å². The van der Waals surface area contributed by atoms with Crippen LogP contribution in [0.25, 0.3) is 0 Å². The van der Waals surface area contributed by atoms with Crippen molar-refractivity contribution in [2.45, 2.75) is 6.92 Å². The quantitative estimate of drug-likeness (QED) is 0.674. The van der Waals surface area contributed by atoms with E-state index in [1.54, 1.807) is 11.7 Å². The van der Waals surface area contributed by atoms with Crippen LogP contribution in [-0.4, -0.2) is 20.6 Å². The lowest BCUT2D eigenvalue weighted by molar-refractivity contribution is -0.384. The number of nitrogens with one attached hydrogen (secondary N) is 1. The van der Waals surface area contributed by atoms with Gasteiger partial charge in [-0.2, -0.15) is 5.10 Å². The van der Waals surface area contributed by atoms with Crippen molar-refractivity contribution < 1.29 is 9.72 Å². The Labute approximate surface area is 109 Å². The summed E-state index contributed by atoms with van der Waals surface area (Å²) >= 11 is 0. The Balaban J connectivity index is 2.23. The average Bonchev–Trinajstić information content (AvgIpc) is 2.71. The van der Waals surface area contributed by atoms with E-state index in [4.69, 9.17) is 0 Å². The van der Waals surface area contributed by atoms with Crippen LogP contribution in [0.3, 0.4) is 0 Å². The fourth-order valence-electron chi connectivity index (χ4n) is 1.58. The number of nitro benzene ring substituents is 1. The van der Waals surface area contributed by atoms with Gasteiger partial charge in [-0.25, -0.2) is 0 Å². The SMILES string of the molecule is Cc1c(NC(=O)c2cccc([N+](=O)[O-])c2)cnn1C. The van der Waals surface area contributed by atoms with Crippen LogP contribution in [0.4, 0.5) is 11.4 Å². The number of carbonyl (C=O) groups excluding carboxylic acids is 1. The van der Waals surface area contributed by atoms with E-state index in [0.717, 1.165) is 5.69 Å². The summed E-state index contributed by atoms with van der Waals surface area (Å²) in [6, 6.07) is 5.57. The van der Waals surface area contributed by atoms with Crippen LogP contribution in [0.2, 0.25) is 0 Å². The molecule has 0 saturated heterocycles. The second kappa shape index (κ2) is 4.89. The van der Waals surface area contributed by atoms with E-state index in [2.05, 4.69) is 10.4 Å². The lowest BCUT2D eigenvalue weighted by atomic mass is 10.2. The molecule has 0 bridgehead atoms. The van der Waals surface area contributed by atoms with Crippen LogP contribution in [0, 0.1) is 17.0 Å². The van der Waals surface area contributed by atoms with Gasteiger partial charge in [-0.15, -0.1) is 0 Å². The maximum atomic E-state index is 12.0. The van der Waals surface area contributed by atoms with Crippen molar-refractivity contribution in [2.24, 2.45) is 7.05 Å². The maximum absolute atomic E-state index is 12.0. The number of aromatic nitrogens is 2. The molecule has 2 rings (SSSR count). The Morgan fingerprint density at radius 1 is 1.47 bits per heavy atom. The van der Waals surface area contributed by atoms with Crippen LogP contribution in [-0.2, 0) is 7.05 Å². The van der Waals surface area contributed by atoms with Crippen LogP contribution in [0.15, 0.2) is 30.5 Å². The maximum Gasteiger partial charge on any atom is 0.270 e. The summed E-state index contributed by atoms with van der Waals surface area (Å²) in [5.74, 6) is -0.403. The van der Waals surface area contributed by atoms with Gasteiger partial charge in [0, 0.05) is 24.7 Å². The molecule has 1 aromatic heterocycles. The second-order valence-electron chi connectivity index (χ2n) is 4.03. The number of benzene rings is 1. The first-order valence-corrected chi connectivity index (χ1v) is 5.53. The molecule has 98 valence electrons. The molecular weight excluding hydrogens is 248 g/mol. The van der Waals surface area contributed by atoms with Crippen molar-refractivity contribution in [3.8, 4) is 0 Å². The molecule has 1 heterocycles. The summed E-state index contributed by atoms with van der Waals surface area (Å²) in [5.41, 5.74) is 1.51. The first-order chi connectivity index (χ1) is 8.99. The second-order valence-corrected chi connectivity index (χ2v) is 4.03. The number of hydrogen-bond acceptors (Lipinski definition) is 4. The number of nitro groups is 1. The third-order valence-electron chi connectivity index (χ3n) is 2.80. The molecule has 1 N–H and O–H groups in total. The largest absolute Gasteiger partial charge is 0.319 e. The monoisotopic (exact) mass is 260 g/mol. The molecule has 19 heavy (non-hydrogen) atoms. The van der Waals surface area contributed by atoms with Gasteiger partial charge in [-0.3, -0.25) is 19.6 Å². The molecule has 7 nitrogen and oxygen atoms in total. The van der Waals surface area contributed by atoms with E-state index in [1.165, 1.54) is 30.5 Å². The van der Waals surface area contributed by atoms with Gasteiger partial charge in [0.15, 0.2) is 0 Å². The van der Waals surface area contributed by atoms with Crippen molar-refractivity contribution in [2.75, 3.05) is 5.32 Å². The van der Waals surface area contributed by atoms with E-state index < -0.39 is 10.8 Å².